The van der Waals surface area contributed by atoms with Crippen molar-refractivity contribution in [3.05, 3.63) is 325 Å². The van der Waals surface area contributed by atoms with E-state index in [4.69, 9.17) is 34.3 Å². The van der Waals surface area contributed by atoms with Crippen LogP contribution >= 0.6 is 0 Å². The molecule has 0 aliphatic heterocycles. The van der Waals surface area contributed by atoms with E-state index < -0.39 is 5.41 Å². The molecule has 95 heavy (non-hydrogen) atoms. The highest BCUT2D eigenvalue weighted by atomic mass is 16.3. The normalized spacial score (nSPS) is 14.5. The van der Waals surface area contributed by atoms with Crippen molar-refractivity contribution >= 4 is 54.3 Å². The van der Waals surface area contributed by atoms with Crippen LogP contribution in [0.5, 0.6) is 0 Å². The highest BCUT2D eigenvalue weighted by Crippen LogP contribution is 2.65. The summed E-state index contributed by atoms with van der Waals surface area (Å²) in [6.45, 7) is 4.64. The Hall–Kier alpha value is -12.3. The van der Waals surface area contributed by atoms with Gasteiger partial charge in [0.1, 0.15) is 11.2 Å². The molecule has 3 aliphatic carbocycles. The smallest absolute Gasteiger partial charge is 0.167 e. The van der Waals surface area contributed by atoms with Gasteiger partial charge in [-0.25, -0.2) is 29.9 Å². The molecule has 3 aromatic heterocycles. The monoisotopic (exact) mass is 1210 g/mol. The lowest BCUT2D eigenvalue weighted by Gasteiger charge is -2.32. The van der Waals surface area contributed by atoms with Gasteiger partial charge in [-0.15, -0.1) is 0 Å². The van der Waals surface area contributed by atoms with Gasteiger partial charge in [0.25, 0.3) is 0 Å². The van der Waals surface area contributed by atoms with Crippen LogP contribution in [0.25, 0.3) is 167 Å². The van der Waals surface area contributed by atoms with E-state index in [1.807, 2.05) is 60.7 Å². The number of benzene rings is 14. The van der Waals surface area contributed by atoms with Crippen molar-refractivity contribution in [2.75, 3.05) is 0 Å². The lowest BCUT2D eigenvalue weighted by molar-refractivity contribution is 0.657. The molecule has 0 fully saturated rings. The maximum Gasteiger partial charge on any atom is 0.167 e. The summed E-state index contributed by atoms with van der Waals surface area (Å²) >= 11 is 0. The van der Waals surface area contributed by atoms with E-state index in [0.29, 0.717) is 34.9 Å². The number of hydrogen-bond acceptors (Lipinski definition) is 7. The van der Waals surface area contributed by atoms with Crippen molar-refractivity contribution in [2.24, 2.45) is 0 Å². The average molecular weight is 1210 g/mol. The fourth-order valence-corrected chi connectivity index (χ4v) is 16.3. The summed E-state index contributed by atoms with van der Waals surface area (Å²) in [4.78, 5) is 31.8. The van der Waals surface area contributed by atoms with Crippen LogP contribution in [-0.2, 0) is 10.8 Å². The molecule has 3 aliphatic rings. The Balaban J connectivity index is 0.763. The summed E-state index contributed by atoms with van der Waals surface area (Å²) in [6.07, 6.45) is 0. The van der Waals surface area contributed by atoms with Gasteiger partial charge in [-0.05, 0) is 141 Å². The van der Waals surface area contributed by atoms with Gasteiger partial charge in [-0.2, -0.15) is 0 Å². The van der Waals surface area contributed by atoms with Crippen LogP contribution in [0.1, 0.15) is 47.2 Å². The third-order valence-corrected chi connectivity index (χ3v) is 20.6. The van der Waals surface area contributed by atoms with Crippen LogP contribution in [0, 0.1) is 0 Å². The average Bonchev–Trinajstić information content (AvgIpc) is 1.51. The van der Waals surface area contributed by atoms with E-state index >= 15 is 0 Å². The second kappa shape index (κ2) is 20.1. The molecule has 7 nitrogen and oxygen atoms in total. The summed E-state index contributed by atoms with van der Waals surface area (Å²) < 4.78 is 6.94. The predicted molar refractivity (Wildman–Crippen MR) is 385 cm³/mol. The Morgan fingerprint density at radius 1 is 0.253 bits per heavy atom. The zero-order chi connectivity index (χ0) is 62.7. The van der Waals surface area contributed by atoms with Crippen LogP contribution in [0.3, 0.4) is 0 Å². The van der Waals surface area contributed by atoms with E-state index in [1.54, 1.807) is 0 Å². The molecule has 7 heteroatoms. The van der Waals surface area contributed by atoms with Gasteiger partial charge in [0.2, 0.25) is 0 Å². The number of para-hydroxylation sites is 1. The number of fused-ring (bicyclic) bond motifs is 24. The molecule has 0 N–H and O–H groups in total. The predicted octanol–water partition coefficient (Wildman–Crippen LogP) is 21.7. The van der Waals surface area contributed by atoms with Crippen molar-refractivity contribution in [3.63, 3.8) is 0 Å². The van der Waals surface area contributed by atoms with Crippen LogP contribution in [0.2, 0.25) is 0 Å². The molecule has 442 valence electrons. The summed E-state index contributed by atoms with van der Waals surface area (Å²) in [5.41, 5.74) is 23.1. The van der Waals surface area contributed by atoms with Gasteiger partial charge in [-0.3, -0.25) is 0 Å². The highest BCUT2D eigenvalue weighted by molar-refractivity contribution is 6.28. The van der Waals surface area contributed by atoms with Crippen molar-refractivity contribution < 1.29 is 4.42 Å². The first-order chi connectivity index (χ1) is 46.8. The van der Waals surface area contributed by atoms with Gasteiger partial charge in [0.15, 0.2) is 34.9 Å². The Morgan fingerprint density at radius 2 is 0.695 bits per heavy atom. The maximum atomic E-state index is 6.94. The molecule has 0 amide bonds. The second-order valence-electron chi connectivity index (χ2n) is 25.9. The van der Waals surface area contributed by atoms with Crippen molar-refractivity contribution in [2.45, 2.75) is 24.7 Å². The Morgan fingerprint density at radius 3 is 1.36 bits per heavy atom. The van der Waals surface area contributed by atoms with Gasteiger partial charge < -0.3 is 4.42 Å². The Labute approximate surface area is 547 Å². The zero-order valence-corrected chi connectivity index (χ0v) is 51.8. The summed E-state index contributed by atoms with van der Waals surface area (Å²) in [5, 5.41) is 9.36. The molecule has 3 heterocycles. The first-order valence-electron chi connectivity index (χ1n) is 32.5. The van der Waals surface area contributed by atoms with Crippen molar-refractivity contribution in [1.29, 1.82) is 0 Å². The molecule has 1 unspecified atom stereocenters. The van der Waals surface area contributed by atoms with Gasteiger partial charge in [0, 0.05) is 44.0 Å². The largest absolute Gasteiger partial charge is 0.455 e. The second-order valence-corrected chi connectivity index (χ2v) is 25.9. The molecular formula is C88H54N6O. The number of hydrogen-bond donors (Lipinski definition) is 0. The summed E-state index contributed by atoms with van der Waals surface area (Å²) in [7, 11) is 0. The Bertz CT molecular complexity index is 6040. The minimum atomic E-state index is -0.696. The van der Waals surface area contributed by atoms with Crippen LogP contribution in [0.15, 0.2) is 296 Å². The molecule has 0 saturated heterocycles. The lowest BCUT2D eigenvalue weighted by atomic mass is 9.68. The third kappa shape index (κ3) is 7.69. The fraction of sp³-hybridized carbons (Fsp3) is 0.0455. The third-order valence-electron chi connectivity index (χ3n) is 20.6. The fourth-order valence-electron chi connectivity index (χ4n) is 16.3. The molecule has 17 aromatic rings. The van der Waals surface area contributed by atoms with E-state index in [2.05, 4.69) is 244 Å². The molecule has 0 radical (unpaired) electrons. The molecule has 20 rings (SSSR count). The number of nitrogens with zero attached hydrogens (tertiary/aromatic N) is 6. The molecule has 0 bridgehead atoms. The van der Waals surface area contributed by atoms with E-state index in [1.165, 1.54) is 99.1 Å². The topological polar surface area (TPSA) is 90.5 Å². The van der Waals surface area contributed by atoms with Crippen LogP contribution in [0.4, 0.5) is 0 Å². The summed E-state index contributed by atoms with van der Waals surface area (Å²) in [5.74, 6) is 3.61. The number of aromatic nitrogens is 6. The lowest BCUT2D eigenvalue weighted by Crippen LogP contribution is -2.26. The quantitative estimate of drug-likeness (QED) is 0.147. The van der Waals surface area contributed by atoms with Crippen LogP contribution < -0.4 is 0 Å². The zero-order valence-electron chi connectivity index (χ0n) is 51.8. The molecular weight excluding hydrogens is 1160 g/mol. The van der Waals surface area contributed by atoms with Gasteiger partial charge in [-0.1, -0.05) is 275 Å². The van der Waals surface area contributed by atoms with Gasteiger partial charge >= 0.3 is 0 Å². The minimum Gasteiger partial charge on any atom is -0.455 e. The van der Waals surface area contributed by atoms with Crippen molar-refractivity contribution in [3.8, 4) is 113 Å². The van der Waals surface area contributed by atoms with E-state index in [-0.39, 0.29) is 5.41 Å². The Kier molecular flexibility index (Phi) is 11.3. The van der Waals surface area contributed by atoms with Gasteiger partial charge in [0.05, 0.1) is 11.0 Å². The maximum absolute atomic E-state index is 6.94. The SMILES string of the molecule is CC1(C)c2ccccc2-c2c1cc(-c1nc(-c3ccccc3)nc(-c3cccc(-c4ccc5c(c4)c4ccccc4c4c6c(ccc54)-c4ccccc4C64c5ccccc5-c5ccc(-c6nc(-c7ccccc7)nc(-c7ccccc7)n6)cc54)c3)n1)c1oc3ccccc3c21. The van der Waals surface area contributed by atoms with Crippen molar-refractivity contribution in [1.82, 2.24) is 29.9 Å². The van der Waals surface area contributed by atoms with E-state index in [0.717, 1.165) is 66.4 Å². The first kappa shape index (κ1) is 53.4. The first-order valence-corrected chi connectivity index (χ1v) is 32.5. The molecule has 1 spiro atoms. The molecule has 1 atom stereocenters. The number of furan rings is 1. The minimum absolute atomic E-state index is 0.287. The standard InChI is InChI=1S/C88H54N6O/c1-87(2)70-37-18-16-35-66(70)77-74(87)50-69(80-78(77)67-36-17-21-40-75(67)95-80)86-93-83(53-27-10-5-11-28-53)92-84(94-86)56-30-22-29-54(47-56)55-41-43-59-64-45-46-65-61-33-15-20-39-72(61)88(79(65)76(64)63-34-13-12-31-58(63)68(59)48-55)71-38-19-14-32-60(71)62-44-42-57(49-73(62)88)85-90-81(51-23-6-3-7-24-51)89-82(91-85)52-25-8-4-9-26-52/h3-50H,1-2H3. The van der Waals surface area contributed by atoms with E-state index in [9.17, 15) is 0 Å². The molecule has 0 saturated carbocycles. The van der Waals surface area contributed by atoms with Crippen LogP contribution in [-0.4, -0.2) is 29.9 Å². The highest BCUT2D eigenvalue weighted by Gasteiger charge is 2.53. The number of rotatable bonds is 7. The summed E-state index contributed by atoms with van der Waals surface area (Å²) in [6, 6.07) is 105. The molecule has 14 aromatic carbocycles.